The molecule has 0 radical (unpaired) electrons. The van der Waals surface area contributed by atoms with Gasteiger partial charge in [-0.3, -0.25) is 0 Å². The number of aromatic carboxylic acids is 1. The third-order valence-electron chi connectivity index (χ3n) is 4.69. The van der Waals surface area contributed by atoms with Gasteiger partial charge in [-0.05, 0) is 36.5 Å². The van der Waals surface area contributed by atoms with E-state index in [9.17, 15) is 9.59 Å². The second-order valence-electron chi connectivity index (χ2n) is 7.06. The van der Waals surface area contributed by atoms with Crippen LogP contribution in [0.1, 0.15) is 42.6 Å². The molecule has 2 fully saturated rings. The fraction of sp³-hybridized carbons (Fsp3) is 0.529. The highest BCUT2D eigenvalue weighted by Gasteiger charge is 2.54. The molecule has 5 nitrogen and oxygen atoms in total. The fourth-order valence-corrected chi connectivity index (χ4v) is 3.49. The van der Waals surface area contributed by atoms with Crippen molar-refractivity contribution in [3.8, 4) is 0 Å². The van der Waals surface area contributed by atoms with Gasteiger partial charge < -0.3 is 15.3 Å². The van der Waals surface area contributed by atoms with Gasteiger partial charge >= 0.3 is 12.0 Å². The predicted molar refractivity (Wildman–Crippen MR) is 82.6 cm³/mol. The third-order valence-corrected chi connectivity index (χ3v) is 4.69. The van der Waals surface area contributed by atoms with Gasteiger partial charge in [0.05, 0.1) is 5.56 Å². The smallest absolute Gasteiger partial charge is 0.335 e. The molecule has 2 N–H and O–H groups in total. The van der Waals surface area contributed by atoms with Crippen LogP contribution in [-0.4, -0.2) is 34.6 Å². The number of rotatable bonds is 4. The Kier molecular flexibility index (Phi) is 3.59. The first-order chi connectivity index (χ1) is 10.4. The summed E-state index contributed by atoms with van der Waals surface area (Å²) >= 11 is 0. The maximum absolute atomic E-state index is 12.3. The zero-order valence-electron chi connectivity index (χ0n) is 13.0. The highest BCUT2D eigenvalue weighted by Crippen LogP contribution is 2.49. The van der Waals surface area contributed by atoms with Crippen LogP contribution in [0.3, 0.4) is 0 Å². The molecule has 2 amide bonds. The Hall–Kier alpha value is -2.04. The number of amides is 2. The van der Waals surface area contributed by atoms with Crippen LogP contribution in [0.25, 0.3) is 0 Å². The molecule has 0 aromatic heterocycles. The van der Waals surface area contributed by atoms with E-state index in [-0.39, 0.29) is 17.0 Å². The van der Waals surface area contributed by atoms with Crippen LogP contribution in [0.4, 0.5) is 4.79 Å². The second-order valence-corrected chi connectivity index (χ2v) is 7.06. The number of nitrogens with zero attached hydrogens (tertiary/aromatic N) is 1. The molecular formula is C17H22N2O3. The van der Waals surface area contributed by atoms with Crippen molar-refractivity contribution < 1.29 is 14.7 Å². The topological polar surface area (TPSA) is 69.6 Å². The minimum Gasteiger partial charge on any atom is -0.478 e. The van der Waals surface area contributed by atoms with Crippen molar-refractivity contribution in [1.82, 2.24) is 10.2 Å². The lowest BCUT2D eigenvalue weighted by molar-refractivity contribution is -0.0275. The van der Waals surface area contributed by atoms with Gasteiger partial charge in [0, 0.05) is 24.5 Å². The molecule has 0 bridgehead atoms. The lowest BCUT2D eigenvalue weighted by Gasteiger charge is -2.54. The summed E-state index contributed by atoms with van der Waals surface area (Å²) in [6.45, 7) is 5.68. The predicted octanol–water partition coefficient (Wildman–Crippen LogP) is 2.71. The molecule has 1 aromatic rings. The standard InChI is InChI=1S/C17H22N2O3/c1-17(2)10-19(14(17)12-7-8-12)16(22)18-9-11-3-5-13(6-4-11)15(20)21/h3-6,12,14H,7-10H2,1-2H3,(H,18,22)(H,20,21). The first-order valence-corrected chi connectivity index (χ1v) is 7.75. The Labute approximate surface area is 130 Å². The minimum absolute atomic E-state index is 0.0152. The normalized spacial score (nSPS) is 22.8. The Morgan fingerprint density at radius 1 is 1.27 bits per heavy atom. The largest absolute Gasteiger partial charge is 0.478 e. The van der Waals surface area contributed by atoms with E-state index in [2.05, 4.69) is 19.2 Å². The number of carboxylic acid groups (broad SMARTS) is 1. The van der Waals surface area contributed by atoms with Crippen LogP contribution in [-0.2, 0) is 6.54 Å². The quantitative estimate of drug-likeness (QED) is 0.898. The number of carbonyl (C=O) groups is 2. The lowest BCUT2D eigenvalue weighted by atomic mass is 9.72. The molecule has 5 heteroatoms. The summed E-state index contributed by atoms with van der Waals surface area (Å²) in [5.41, 5.74) is 1.39. The van der Waals surface area contributed by atoms with Gasteiger partial charge in [0.1, 0.15) is 0 Å². The van der Waals surface area contributed by atoms with Gasteiger partial charge in [0.2, 0.25) is 0 Å². The summed E-state index contributed by atoms with van der Waals surface area (Å²) in [6, 6.07) is 6.94. The molecule has 1 aromatic carbocycles. The second kappa shape index (κ2) is 5.30. The number of likely N-dealkylation sites (tertiary alicyclic amines) is 1. The van der Waals surface area contributed by atoms with Crippen molar-refractivity contribution in [2.24, 2.45) is 11.3 Å². The molecule has 1 unspecified atom stereocenters. The zero-order valence-corrected chi connectivity index (χ0v) is 13.0. The molecule has 2 aliphatic rings. The number of nitrogens with one attached hydrogen (secondary N) is 1. The van der Waals surface area contributed by atoms with Crippen LogP contribution in [0.15, 0.2) is 24.3 Å². The first-order valence-electron chi connectivity index (χ1n) is 7.75. The van der Waals surface area contributed by atoms with Crippen LogP contribution in [0, 0.1) is 11.3 Å². The summed E-state index contributed by atoms with van der Waals surface area (Å²) in [5, 5.41) is 11.8. The lowest BCUT2D eigenvalue weighted by Crippen LogP contribution is -2.66. The highest BCUT2D eigenvalue weighted by atomic mass is 16.4. The monoisotopic (exact) mass is 302 g/mol. The average molecular weight is 302 g/mol. The summed E-state index contributed by atoms with van der Waals surface area (Å²) in [4.78, 5) is 25.1. The van der Waals surface area contributed by atoms with E-state index in [4.69, 9.17) is 5.11 Å². The van der Waals surface area contributed by atoms with Crippen molar-refractivity contribution in [1.29, 1.82) is 0 Å². The average Bonchev–Trinajstić information content (AvgIpc) is 3.27. The van der Waals surface area contributed by atoms with Crippen molar-refractivity contribution in [2.45, 2.75) is 39.3 Å². The Morgan fingerprint density at radius 2 is 1.91 bits per heavy atom. The SMILES string of the molecule is CC1(C)CN(C(=O)NCc2ccc(C(=O)O)cc2)C1C1CC1. The first kappa shape index (κ1) is 14.9. The molecule has 1 atom stereocenters. The summed E-state index contributed by atoms with van der Waals surface area (Å²) < 4.78 is 0. The van der Waals surface area contributed by atoms with E-state index in [1.54, 1.807) is 24.3 Å². The van der Waals surface area contributed by atoms with E-state index >= 15 is 0 Å². The summed E-state index contributed by atoms with van der Waals surface area (Å²) in [5.74, 6) is -0.268. The molecule has 0 spiro atoms. The van der Waals surface area contributed by atoms with E-state index in [0.29, 0.717) is 18.5 Å². The molecule has 1 aliphatic heterocycles. The van der Waals surface area contributed by atoms with E-state index in [0.717, 1.165) is 12.1 Å². The van der Waals surface area contributed by atoms with Crippen molar-refractivity contribution >= 4 is 12.0 Å². The molecule has 3 rings (SSSR count). The molecule has 1 saturated heterocycles. The molecule has 1 heterocycles. The number of carbonyl (C=O) groups excluding carboxylic acids is 1. The third kappa shape index (κ3) is 2.80. The number of carboxylic acids is 1. The van der Waals surface area contributed by atoms with Crippen molar-refractivity contribution in [3.05, 3.63) is 35.4 Å². The van der Waals surface area contributed by atoms with Crippen molar-refractivity contribution in [3.63, 3.8) is 0 Å². The Bertz CT molecular complexity index is 590. The highest BCUT2D eigenvalue weighted by molar-refractivity contribution is 5.87. The number of hydrogen-bond acceptors (Lipinski definition) is 2. The van der Waals surface area contributed by atoms with Crippen LogP contribution in [0.2, 0.25) is 0 Å². The Balaban J connectivity index is 1.55. The number of hydrogen-bond donors (Lipinski definition) is 2. The van der Waals surface area contributed by atoms with Gasteiger partial charge in [0.25, 0.3) is 0 Å². The van der Waals surface area contributed by atoms with Gasteiger partial charge in [-0.15, -0.1) is 0 Å². The molecule has 1 saturated carbocycles. The van der Waals surface area contributed by atoms with E-state index in [1.807, 2.05) is 4.90 Å². The number of urea groups is 1. The van der Waals surface area contributed by atoms with Crippen molar-refractivity contribution in [2.75, 3.05) is 6.54 Å². The van der Waals surface area contributed by atoms with Gasteiger partial charge in [0.15, 0.2) is 0 Å². The van der Waals surface area contributed by atoms with Gasteiger partial charge in [-0.1, -0.05) is 26.0 Å². The minimum atomic E-state index is -0.939. The Morgan fingerprint density at radius 3 is 2.41 bits per heavy atom. The van der Waals surface area contributed by atoms with Crippen LogP contribution >= 0.6 is 0 Å². The molecule has 22 heavy (non-hydrogen) atoms. The molecular weight excluding hydrogens is 280 g/mol. The number of benzene rings is 1. The molecule has 118 valence electrons. The van der Waals surface area contributed by atoms with Crippen LogP contribution < -0.4 is 5.32 Å². The van der Waals surface area contributed by atoms with E-state index in [1.165, 1.54) is 12.8 Å². The maximum Gasteiger partial charge on any atom is 0.335 e. The summed E-state index contributed by atoms with van der Waals surface area (Å²) in [7, 11) is 0. The summed E-state index contributed by atoms with van der Waals surface area (Å²) in [6.07, 6.45) is 2.46. The maximum atomic E-state index is 12.3. The van der Waals surface area contributed by atoms with Crippen LogP contribution in [0.5, 0.6) is 0 Å². The zero-order chi connectivity index (χ0) is 15.9. The molecule has 1 aliphatic carbocycles. The van der Waals surface area contributed by atoms with Gasteiger partial charge in [-0.25, -0.2) is 9.59 Å². The van der Waals surface area contributed by atoms with Gasteiger partial charge in [-0.2, -0.15) is 0 Å². The van der Waals surface area contributed by atoms with E-state index < -0.39 is 5.97 Å². The fourth-order valence-electron chi connectivity index (χ4n) is 3.49.